The van der Waals surface area contributed by atoms with Gasteiger partial charge in [0.15, 0.2) is 18.1 Å². The van der Waals surface area contributed by atoms with Gasteiger partial charge in [0.05, 0.1) is 4.90 Å². The lowest BCUT2D eigenvalue weighted by molar-refractivity contribution is -0.148. The SMILES string of the molecule is O=C(COC(=O)CCCCCNS(=O)(=O)c1ccc2c(c1)OCCO2)NCCC1=CCCCC1. The van der Waals surface area contributed by atoms with E-state index in [4.69, 9.17) is 14.2 Å². The molecule has 1 amide bonds. The van der Waals surface area contributed by atoms with Crippen LogP contribution in [0.2, 0.25) is 0 Å². The average molecular weight is 495 g/mol. The van der Waals surface area contributed by atoms with Crippen LogP contribution < -0.4 is 19.5 Å². The van der Waals surface area contributed by atoms with Gasteiger partial charge in [0.2, 0.25) is 10.0 Å². The van der Waals surface area contributed by atoms with Crippen molar-refractivity contribution < 1.29 is 32.2 Å². The molecule has 10 heteroatoms. The number of carbonyl (C=O) groups is 2. The molecule has 0 saturated carbocycles. The monoisotopic (exact) mass is 494 g/mol. The molecule has 0 fully saturated rings. The number of allylic oxidation sites excluding steroid dienone is 1. The summed E-state index contributed by atoms with van der Waals surface area (Å²) in [6.07, 6.45) is 9.74. The fourth-order valence-corrected chi connectivity index (χ4v) is 4.90. The van der Waals surface area contributed by atoms with Crippen molar-refractivity contribution in [3.63, 3.8) is 0 Å². The van der Waals surface area contributed by atoms with Gasteiger partial charge in [-0.15, -0.1) is 0 Å². The lowest BCUT2D eigenvalue weighted by Crippen LogP contribution is -2.29. The molecule has 0 spiro atoms. The molecule has 0 unspecified atom stereocenters. The number of esters is 1. The van der Waals surface area contributed by atoms with E-state index >= 15 is 0 Å². The van der Waals surface area contributed by atoms with Gasteiger partial charge in [-0.2, -0.15) is 0 Å². The number of amides is 1. The van der Waals surface area contributed by atoms with Gasteiger partial charge in [0, 0.05) is 25.6 Å². The van der Waals surface area contributed by atoms with E-state index in [0.29, 0.717) is 50.5 Å². The van der Waals surface area contributed by atoms with Crippen LogP contribution in [0.15, 0.2) is 34.7 Å². The zero-order valence-electron chi connectivity index (χ0n) is 19.5. The van der Waals surface area contributed by atoms with Crippen LogP contribution in [0.25, 0.3) is 0 Å². The van der Waals surface area contributed by atoms with Crippen molar-refractivity contribution in [1.29, 1.82) is 0 Å². The molecule has 188 valence electrons. The minimum absolute atomic E-state index is 0.120. The number of hydrogen-bond acceptors (Lipinski definition) is 7. The first-order valence-electron chi connectivity index (χ1n) is 11.9. The highest BCUT2D eigenvalue weighted by molar-refractivity contribution is 7.89. The Morgan fingerprint density at radius 2 is 1.82 bits per heavy atom. The van der Waals surface area contributed by atoms with Crippen molar-refractivity contribution in [2.45, 2.75) is 62.7 Å². The van der Waals surface area contributed by atoms with Gasteiger partial charge >= 0.3 is 5.97 Å². The molecule has 1 aromatic carbocycles. The lowest BCUT2D eigenvalue weighted by Gasteiger charge is -2.18. The molecule has 2 aliphatic rings. The topological polar surface area (TPSA) is 120 Å². The molecule has 0 atom stereocenters. The highest BCUT2D eigenvalue weighted by atomic mass is 32.2. The van der Waals surface area contributed by atoms with Gasteiger partial charge < -0.3 is 19.5 Å². The number of rotatable bonds is 13. The predicted molar refractivity (Wildman–Crippen MR) is 126 cm³/mol. The molecule has 9 nitrogen and oxygen atoms in total. The summed E-state index contributed by atoms with van der Waals surface area (Å²) in [5.41, 5.74) is 1.39. The summed E-state index contributed by atoms with van der Waals surface area (Å²) < 4.78 is 43.3. The Morgan fingerprint density at radius 1 is 1.00 bits per heavy atom. The molecule has 0 bridgehead atoms. The molecule has 1 aliphatic heterocycles. The number of benzene rings is 1. The zero-order chi connectivity index (χ0) is 24.2. The smallest absolute Gasteiger partial charge is 0.306 e. The second-order valence-corrected chi connectivity index (χ2v) is 10.1. The van der Waals surface area contributed by atoms with Crippen LogP contribution in [-0.2, 0) is 24.3 Å². The molecule has 3 rings (SSSR count). The third-order valence-corrected chi connectivity index (χ3v) is 7.15. The van der Waals surface area contributed by atoms with Crippen LogP contribution in [0.5, 0.6) is 11.5 Å². The van der Waals surface area contributed by atoms with E-state index in [1.54, 1.807) is 6.07 Å². The van der Waals surface area contributed by atoms with Gasteiger partial charge in [-0.05, 0) is 57.1 Å². The molecule has 34 heavy (non-hydrogen) atoms. The van der Waals surface area contributed by atoms with E-state index in [9.17, 15) is 18.0 Å². The Hall–Kier alpha value is -2.59. The van der Waals surface area contributed by atoms with Crippen LogP contribution >= 0.6 is 0 Å². The van der Waals surface area contributed by atoms with Gasteiger partial charge in [-0.1, -0.05) is 18.1 Å². The fraction of sp³-hybridized carbons (Fsp3) is 0.583. The van der Waals surface area contributed by atoms with E-state index in [-0.39, 0.29) is 30.4 Å². The second-order valence-electron chi connectivity index (χ2n) is 8.38. The molecule has 1 aliphatic carbocycles. The van der Waals surface area contributed by atoms with Gasteiger partial charge in [-0.25, -0.2) is 13.1 Å². The molecular formula is C24H34N2O7S. The van der Waals surface area contributed by atoms with Crippen LogP contribution in [-0.4, -0.2) is 53.2 Å². The van der Waals surface area contributed by atoms with Crippen molar-refractivity contribution >= 4 is 21.9 Å². The van der Waals surface area contributed by atoms with Crippen molar-refractivity contribution in [2.24, 2.45) is 0 Å². The number of sulfonamides is 1. The first kappa shape index (κ1) is 26.0. The summed E-state index contributed by atoms with van der Waals surface area (Å²) in [5, 5.41) is 2.78. The Labute approximate surface area is 201 Å². The van der Waals surface area contributed by atoms with E-state index < -0.39 is 16.0 Å². The minimum Gasteiger partial charge on any atom is -0.486 e. The Balaban J connectivity index is 1.23. The summed E-state index contributed by atoms with van der Waals surface area (Å²) in [4.78, 5) is 23.7. The van der Waals surface area contributed by atoms with E-state index in [2.05, 4.69) is 16.1 Å². The van der Waals surface area contributed by atoms with Gasteiger partial charge in [0.25, 0.3) is 5.91 Å². The largest absolute Gasteiger partial charge is 0.486 e. The summed E-state index contributed by atoms with van der Waals surface area (Å²) in [7, 11) is -3.66. The quantitative estimate of drug-likeness (QED) is 0.246. The third-order valence-electron chi connectivity index (χ3n) is 5.69. The van der Waals surface area contributed by atoms with Crippen molar-refractivity contribution in [3.8, 4) is 11.5 Å². The third kappa shape index (κ3) is 8.64. The van der Waals surface area contributed by atoms with E-state index in [1.165, 1.54) is 30.5 Å². The highest BCUT2D eigenvalue weighted by Crippen LogP contribution is 2.32. The molecule has 1 aromatic rings. The minimum atomic E-state index is -3.66. The number of carbonyl (C=O) groups excluding carboxylic acids is 2. The molecule has 0 radical (unpaired) electrons. The molecule has 1 heterocycles. The second kappa shape index (κ2) is 13.3. The summed E-state index contributed by atoms with van der Waals surface area (Å²) in [6.45, 7) is 1.37. The summed E-state index contributed by atoms with van der Waals surface area (Å²) >= 11 is 0. The van der Waals surface area contributed by atoms with Gasteiger partial charge in [0.1, 0.15) is 13.2 Å². The fourth-order valence-electron chi connectivity index (χ4n) is 3.82. The number of nitrogens with one attached hydrogen (secondary N) is 2. The first-order chi connectivity index (χ1) is 16.4. The van der Waals surface area contributed by atoms with Gasteiger partial charge in [-0.3, -0.25) is 9.59 Å². The number of fused-ring (bicyclic) bond motifs is 1. The van der Waals surface area contributed by atoms with Crippen LogP contribution in [0, 0.1) is 0 Å². The number of unbranched alkanes of at least 4 members (excludes halogenated alkanes) is 2. The van der Waals surface area contributed by atoms with Crippen molar-refractivity contribution in [2.75, 3.05) is 32.9 Å². The Kier molecular flexibility index (Phi) is 10.2. The highest BCUT2D eigenvalue weighted by Gasteiger charge is 2.19. The molecule has 2 N–H and O–H groups in total. The summed E-state index contributed by atoms with van der Waals surface area (Å²) in [5.74, 6) is 0.231. The van der Waals surface area contributed by atoms with Crippen molar-refractivity contribution in [1.82, 2.24) is 10.0 Å². The maximum Gasteiger partial charge on any atom is 0.306 e. The van der Waals surface area contributed by atoms with Crippen LogP contribution in [0.1, 0.15) is 57.8 Å². The molecule has 0 aromatic heterocycles. The normalized spacial score (nSPS) is 15.4. The maximum absolute atomic E-state index is 12.5. The maximum atomic E-state index is 12.5. The van der Waals surface area contributed by atoms with Crippen LogP contribution in [0.4, 0.5) is 0 Å². The van der Waals surface area contributed by atoms with E-state index in [0.717, 1.165) is 19.3 Å². The van der Waals surface area contributed by atoms with Crippen LogP contribution in [0.3, 0.4) is 0 Å². The predicted octanol–water partition coefficient (Wildman–Crippen LogP) is 2.85. The average Bonchev–Trinajstić information content (AvgIpc) is 2.85. The zero-order valence-corrected chi connectivity index (χ0v) is 20.3. The lowest BCUT2D eigenvalue weighted by atomic mass is 9.97. The number of hydrogen-bond donors (Lipinski definition) is 2. The summed E-state index contributed by atoms with van der Waals surface area (Å²) in [6, 6.07) is 4.52. The Morgan fingerprint density at radius 3 is 2.62 bits per heavy atom. The molecular weight excluding hydrogens is 460 g/mol. The van der Waals surface area contributed by atoms with Crippen molar-refractivity contribution in [3.05, 3.63) is 29.8 Å². The number of ether oxygens (including phenoxy) is 3. The standard InChI is InChI=1S/C24H34N2O7S/c27-23(25-14-12-19-7-3-1-4-8-19)18-33-24(28)9-5-2-6-13-26-34(29,30)20-10-11-21-22(17-20)32-16-15-31-21/h7,10-11,17,26H,1-6,8-9,12-16,18H2,(H,25,27). The van der Waals surface area contributed by atoms with E-state index in [1.807, 2.05) is 0 Å². The first-order valence-corrected chi connectivity index (χ1v) is 13.4. The molecule has 0 saturated heterocycles. The Bertz CT molecular complexity index is 976.